The standard InChI is InChI=1S/C12H19N3O/c1-12(2,16-3)11-13-7-6-10(15-11)8-14-9-4-5-9/h6-7,9,14H,4-5,8H2,1-3H3. The van der Waals surface area contributed by atoms with Crippen LogP contribution < -0.4 is 5.32 Å². The van der Waals surface area contributed by atoms with Crippen molar-refractivity contribution in [3.8, 4) is 0 Å². The van der Waals surface area contributed by atoms with Crippen LogP contribution in [0.5, 0.6) is 0 Å². The molecular formula is C12H19N3O. The predicted molar refractivity (Wildman–Crippen MR) is 61.9 cm³/mol. The summed E-state index contributed by atoms with van der Waals surface area (Å²) in [6, 6.07) is 2.65. The fourth-order valence-electron chi connectivity index (χ4n) is 1.41. The van der Waals surface area contributed by atoms with E-state index in [4.69, 9.17) is 4.74 Å². The first-order valence-corrected chi connectivity index (χ1v) is 5.73. The predicted octanol–water partition coefficient (Wildman–Crippen LogP) is 1.61. The molecule has 0 unspecified atom stereocenters. The van der Waals surface area contributed by atoms with Gasteiger partial charge in [-0.3, -0.25) is 0 Å². The molecule has 1 saturated carbocycles. The van der Waals surface area contributed by atoms with Gasteiger partial charge in [0.25, 0.3) is 0 Å². The van der Waals surface area contributed by atoms with E-state index in [1.807, 2.05) is 19.9 Å². The van der Waals surface area contributed by atoms with Gasteiger partial charge in [0.15, 0.2) is 5.82 Å². The number of methoxy groups -OCH3 is 1. The fraction of sp³-hybridized carbons (Fsp3) is 0.667. The summed E-state index contributed by atoms with van der Waals surface area (Å²) in [4.78, 5) is 8.78. The van der Waals surface area contributed by atoms with Crippen molar-refractivity contribution in [2.24, 2.45) is 0 Å². The molecule has 16 heavy (non-hydrogen) atoms. The fourth-order valence-corrected chi connectivity index (χ4v) is 1.41. The second-order valence-corrected chi connectivity index (χ2v) is 4.74. The maximum Gasteiger partial charge on any atom is 0.159 e. The quantitative estimate of drug-likeness (QED) is 0.820. The van der Waals surface area contributed by atoms with Crippen molar-refractivity contribution in [1.82, 2.24) is 15.3 Å². The first-order valence-electron chi connectivity index (χ1n) is 5.73. The van der Waals surface area contributed by atoms with Crippen LogP contribution in [0.2, 0.25) is 0 Å². The molecule has 88 valence electrons. The monoisotopic (exact) mass is 221 g/mol. The molecule has 0 amide bonds. The molecule has 0 radical (unpaired) electrons. The minimum Gasteiger partial charge on any atom is -0.371 e. The lowest BCUT2D eigenvalue weighted by atomic mass is 10.1. The maximum absolute atomic E-state index is 5.37. The van der Waals surface area contributed by atoms with E-state index < -0.39 is 5.60 Å². The van der Waals surface area contributed by atoms with E-state index in [9.17, 15) is 0 Å². The zero-order chi connectivity index (χ0) is 11.6. The highest BCUT2D eigenvalue weighted by molar-refractivity contribution is 5.07. The van der Waals surface area contributed by atoms with Gasteiger partial charge in [0.2, 0.25) is 0 Å². The molecule has 2 rings (SSSR count). The van der Waals surface area contributed by atoms with Gasteiger partial charge < -0.3 is 10.1 Å². The van der Waals surface area contributed by atoms with Crippen LogP contribution in [0.15, 0.2) is 12.3 Å². The van der Waals surface area contributed by atoms with Gasteiger partial charge in [-0.1, -0.05) is 0 Å². The van der Waals surface area contributed by atoms with E-state index in [-0.39, 0.29) is 0 Å². The van der Waals surface area contributed by atoms with Crippen molar-refractivity contribution >= 4 is 0 Å². The van der Waals surface area contributed by atoms with Crippen LogP contribution in [0.1, 0.15) is 38.2 Å². The molecule has 0 aliphatic heterocycles. The van der Waals surface area contributed by atoms with Gasteiger partial charge in [0, 0.05) is 25.9 Å². The highest BCUT2D eigenvalue weighted by atomic mass is 16.5. The molecule has 1 aliphatic rings. The lowest BCUT2D eigenvalue weighted by Gasteiger charge is -2.21. The van der Waals surface area contributed by atoms with Crippen LogP contribution in [0, 0.1) is 0 Å². The molecule has 1 aliphatic carbocycles. The van der Waals surface area contributed by atoms with E-state index in [1.54, 1.807) is 13.3 Å². The minimum atomic E-state index is -0.421. The van der Waals surface area contributed by atoms with Gasteiger partial charge in [-0.15, -0.1) is 0 Å². The first-order chi connectivity index (χ1) is 7.62. The van der Waals surface area contributed by atoms with Gasteiger partial charge in [0.05, 0.1) is 5.69 Å². The van der Waals surface area contributed by atoms with Crippen LogP contribution in [-0.2, 0) is 16.9 Å². The van der Waals surface area contributed by atoms with E-state index in [1.165, 1.54) is 12.8 Å². The molecule has 1 heterocycles. The Morgan fingerprint density at radius 1 is 1.50 bits per heavy atom. The van der Waals surface area contributed by atoms with Gasteiger partial charge >= 0.3 is 0 Å². The van der Waals surface area contributed by atoms with Crippen molar-refractivity contribution in [2.45, 2.75) is 44.9 Å². The zero-order valence-electron chi connectivity index (χ0n) is 10.2. The van der Waals surface area contributed by atoms with Crippen molar-refractivity contribution in [1.29, 1.82) is 0 Å². The summed E-state index contributed by atoms with van der Waals surface area (Å²) < 4.78 is 5.37. The van der Waals surface area contributed by atoms with Gasteiger partial charge in [-0.05, 0) is 32.8 Å². The average molecular weight is 221 g/mol. The number of hydrogen-bond acceptors (Lipinski definition) is 4. The molecule has 1 fully saturated rings. The van der Waals surface area contributed by atoms with Crippen molar-refractivity contribution in [3.05, 3.63) is 23.8 Å². The Labute approximate surface area is 96.4 Å². The Kier molecular flexibility index (Phi) is 3.21. The van der Waals surface area contributed by atoms with E-state index >= 15 is 0 Å². The molecule has 0 aromatic carbocycles. The van der Waals surface area contributed by atoms with Gasteiger partial charge in [-0.2, -0.15) is 0 Å². The summed E-state index contributed by atoms with van der Waals surface area (Å²) in [5.41, 5.74) is 0.609. The third kappa shape index (κ3) is 2.77. The normalized spacial score (nSPS) is 16.4. The van der Waals surface area contributed by atoms with Crippen molar-refractivity contribution in [2.75, 3.05) is 7.11 Å². The van der Waals surface area contributed by atoms with E-state index in [2.05, 4.69) is 15.3 Å². The summed E-state index contributed by atoms with van der Waals surface area (Å²) in [7, 11) is 1.68. The molecule has 4 heteroatoms. The van der Waals surface area contributed by atoms with Gasteiger partial charge in [-0.25, -0.2) is 9.97 Å². The summed E-state index contributed by atoms with van der Waals surface area (Å²) >= 11 is 0. The lowest BCUT2D eigenvalue weighted by molar-refractivity contribution is 0.0112. The molecule has 0 bridgehead atoms. The van der Waals surface area contributed by atoms with Crippen molar-refractivity contribution in [3.63, 3.8) is 0 Å². The third-order valence-electron chi connectivity index (χ3n) is 2.91. The summed E-state index contributed by atoms with van der Waals surface area (Å²) in [6.45, 7) is 4.76. The van der Waals surface area contributed by atoms with Gasteiger partial charge in [0.1, 0.15) is 5.60 Å². The molecule has 1 N–H and O–H groups in total. The molecule has 1 aromatic rings. The Bertz CT molecular complexity index is 361. The Hall–Kier alpha value is -1.00. The van der Waals surface area contributed by atoms with Crippen molar-refractivity contribution < 1.29 is 4.74 Å². The first kappa shape index (κ1) is 11.5. The minimum absolute atomic E-state index is 0.421. The average Bonchev–Trinajstić information content (AvgIpc) is 3.11. The molecule has 0 atom stereocenters. The number of ether oxygens (including phenoxy) is 1. The topological polar surface area (TPSA) is 47.0 Å². The lowest BCUT2D eigenvalue weighted by Crippen LogP contribution is -2.24. The van der Waals surface area contributed by atoms with Crippen LogP contribution in [-0.4, -0.2) is 23.1 Å². The van der Waals surface area contributed by atoms with E-state index in [0.29, 0.717) is 6.04 Å². The third-order valence-corrected chi connectivity index (χ3v) is 2.91. The molecule has 4 nitrogen and oxygen atoms in total. The number of rotatable bonds is 5. The zero-order valence-corrected chi connectivity index (χ0v) is 10.2. The van der Waals surface area contributed by atoms with Crippen LogP contribution in [0.25, 0.3) is 0 Å². The molecule has 0 spiro atoms. The Balaban J connectivity index is 2.05. The highest BCUT2D eigenvalue weighted by Crippen LogP contribution is 2.21. The Morgan fingerprint density at radius 2 is 2.25 bits per heavy atom. The second kappa shape index (κ2) is 4.47. The summed E-state index contributed by atoms with van der Waals surface area (Å²) in [6.07, 6.45) is 4.38. The second-order valence-electron chi connectivity index (χ2n) is 4.74. The maximum atomic E-state index is 5.37. The molecule has 0 saturated heterocycles. The van der Waals surface area contributed by atoms with Crippen LogP contribution >= 0.6 is 0 Å². The summed E-state index contributed by atoms with van der Waals surface area (Å²) in [5.74, 6) is 0.741. The van der Waals surface area contributed by atoms with Crippen LogP contribution in [0.3, 0.4) is 0 Å². The number of aromatic nitrogens is 2. The Morgan fingerprint density at radius 3 is 2.88 bits per heavy atom. The number of hydrogen-bond donors (Lipinski definition) is 1. The molecule has 1 aromatic heterocycles. The number of nitrogens with zero attached hydrogens (tertiary/aromatic N) is 2. The van der Waals surface area contributed by atoms with Crippen LogP contribution in [0.4, 0.5) is 0 Å². The highest BCUT2D eigenvalue weighted by Gasteiger charge is 2.24. The largest absolute Gasteiger partial charge is 0.371 e. The van der Waals surface area contributed by atoms with E-state index in [0.717, 1.165) is 18.1 Å². The molecular weight excluding hydrogens is 202 g/mol. The SMILES string of the molecule is COC(C)(C)c1nccc(CNC2CC2)n1. The summed E-state index contributed by atoms with van der Waals surface area (Å²) in [5, 5.41) is 3.44. The smallest absolute Gasteiger partial charge is 0.159 e. The number of nitrogens with one attached hydrogen (secondary N) is 1.